The van der Waals surface area contributed by atoms with E-state index >= 15 is 0 Å². The lowest BCUT2D eigenvalue weighted by atomic mass is 9.81. The topological polar surface area (TPSA) is 216 Å². The number of benzene rings is 1. The number of hydrogen-bond donors (Lipinski definition) is 6. The molecular weight excluding hydrogens is 836 g/mol. The zero-order valence-corrected chi connectivity index (χ0v) is 38.1. The second-order valence-corrected chi connectivity index (χ2v) is 20.2. The average molecular weight is 898 g/mol. The number of allylic oxidation sites excluding steroid dienone is 3. The van der Waals surface area contributed by atoms with Crippen molar-refractivity contribution in [2.24, 2.45) is 11.8 Å². The Morgan fingerprint density at radius 2 is 1.90 bits per heavy atom. The van der Waals surface area contributed by atoms with Gasteiger partial charge in [-0.15, -0.1) is 0 Å². The van der Waals surface area contributed by atoms with Gasteiger partial charge < -0.3 is 45.1 Å². The number of hydrogen-bond acceptors (Lipinski definition) is 13. The van der Waals surface area contributed by atoms with E-state index < -0.39 is 72.1 Å². The Balaban J connectivity index is 1.57. The van der Waals surface area contributed by atoms with Crippen molar-refractivity contribution in [2.45, 2.75) is 134 Å². The summed E-state index contributed by atoms with van der Waals surface area (Å²) in [4.78, 5) is 66.7. The number of esters is 1. The minimum absolute atomic E-state index is 0.00551. The lowest BCUT2D eigenvalue weighted by molar-refractivity contribution is -0.157. The number of alkyl carbamates (subject to hydrolysis) is 1. The molecule has 2 fully saturated rings. The van der Waals surface area contributed by atoms with Crippen LogP contribution in [-0.2, 0) is 46.4 Å². The van der Waals surface area contributed by atoms with E-state index in [1.54, 1.807) is 72.8 Å². The number of amides is 4. The number of nitrogens with zero attached hydrogens (tertiary/aromatic N) is 1. The number of halogens is 1. The summed E-state index contributed by atoms with van der Waals surface area (Å²) in [7, 11) is 6.42. The quantitative estimate of drug-likeness (QED) is 0.0647. The number of rotatable bonds is 14. The standard InChI is InChI=1S/C42H61ClN4O11S2/c1-24-11-9-12-29(23-49)42(55)21-31(56-39(54)46-42)25(2)37-41(6,58-37)32(20-35(52)47(8)30-19-27(17-24)18-28(22-48)36(30)43)57-38(53)26(3)45-34(51)14-15-40(4,5)60-59-16-10-13-33(50)44-7/h9,11-12,18-19,25-26,29,31-32,37,48-49,55H,10,13-17,20-23H2,1-8H3,(H,44,50)(H,45,51)(H,46,54)/b12-9+,24-11+/t25-,26+,29+,31+,32+,37+,41+,42+/m1/s1. The van der Waals surface area contributed by atoms with Gasteiger partial charge in [-0.25, -0.2) is 9.59 Å². The molecule has 1 aromatic carbocycles. The molecule has 60 heavy (non-hydrogen) atoms. The number of anilines is 1. The van der Waals surface area contributed by atoms with E-state index in [1.165, 1.54) is 18.9 Å². The van der Waals surface area contributed by atoms with Gasteiger partial charge in [0.05, 0.1) is 36.4 Å². The lowest BCUT2D eigenvalue weighted by Crippen LogP contribution is -2.62. The fourth-order valence-corrected chi connectivity index (χ4v) is 10.3. The van der Waals surface area contributed by atoms with E-state index in [0.717, 1.165) is 23.3 Å². The van der Waals surface area contributed by atoms with Crippen molar-refractivity contribution >= 4 is 68.7 Å². The largest absolute Gasteiger partial charge is 0.457 e. The number of nitrogens with one attached hydrogen (secondary N) is 3. The van der Waals surface area contributed by atoms with Gasteiger partial charge >= 0.3 is 12.1 Å². The van der Waals surface area contributed by atoms with Gasteiger partial charge in [0.1, 0.15) is 23.9 Å². The number of aliphatic hydroxyl groups excluding tert-OH is 2. The van der Waals surface area contributed by atoms with Crippen molar-refractivity contribution in [1.29, 1.82) is 0 Å². The Morgan fingerprint density at radius 1 is 1.18 bits per heavy atom. The fraction of sp³-hybridized carbons (Fsp3) is 0.643. The Kier molecular flexibility index (Phi) is 17.4. The second kappa shape index (κ2) is 21.2. The van der Waals surface area contributed by atoms with Crippen LogP contribution in [0, 0.1) is 11.8 Å². The first-order chi connectivity index (χ1) is 28.2. The molecule has 334 valence electrons. The van der Waals surface area contributed by atoms with Gasteiger partial charge in [-0.2, -0.15) is 0 Å². The molecule has 4 rings (SSSR count). The van der Waals surface area contributed by atoms with Crippen LogP contribution in [-0.4, -0.2) is 112 Å². The highest BCUT2D eigenvalue weighted by Crippen LogP contribution is 2.49. The van der Waals surface area contributed by atoms with Crippen molar-refractivity contribution in [3.8, 4) is 0 Å². The highest BCUT2D eigenvalue weighted by Gasteiger charge is 2.64. The maximum absolute atomic E-state index is 14.2. The molecule has 2 saturated heterocycles. The van der Waals surface area contributed by atoms with Crippen molar-refractivity contribution in [2.75, 3.05) is 31.4 Å². The molecule has 0 aromatic heterocycles. The third-order valence-corrected chi connectivity index (χ3v) is 15.2. The van der Waals surface area contributed by atoms with Crippen LogP contribution in [0.25, 0.3) is 0 Å². The molecule has 0 spiro atoms. The van der Waals surface area contributed by atoms with Crippen LogP contribution in [0.2, 0.25) is 5.02 Å². The maximum Gasteiger partial charge on any atom is 0.409 e. The van der Waals surface area contributed by atoms with Gasteiger partial charge in [-0.3, -0.25) is 19.7 Å². The molecule has 0 aliphatic carbocycles. The van der Waals surface area contributed by atoms with Crippen LogP contribution >= 0.6 is 33.2 Å². The third-order valence-electron chi connectivity index (χ3n) is 11.3. The summed E-state index contributed by atoms with van der Waals surface area (Å²) in [6.07, 6.45) is 3.17. The summed E-state index contributed by atoms with van der Waals surface area (Å²) >= 11 is 6.74. The molecule has 3 aliphatic rings. The minimum Gasteiger partial charge on any atom is -0.457 e. The molecule has 0 unspecified atom stereocenters. The van der Waals surface area contributed by atoms with Crippen LogP contribution in [0.1, 0.15) is 91.2 Å². The van der Waals surface area contributed by atoms with Gasteiger partial charge in [0.2, 0.25) is 17.7 Å². The molecule has 15 nitrogen and oxygen atoms in total. The van der Waals surface area contributed by atoms with Crippen LogP contribution in [0.3, 0.4) is 0 Å². The van der Waals surface area contributed by atoms with E-state index in [9.17, 15) is 39.3 Å². The SMILES string of the molecule is CNC(=O)CCCSSC(C)(C)CCC(=O)N[C@@H](C)C(=O)O[C@H]1CC(=O)N(C)c2cc(cc(CO)c2Cl)C/C(C)=C/C=C/[C@@H](CO)[C@@]2(O)C[C@H](OC(=O)N2)[C@@H](C)[C@@H]2O[C@@]12C. The first kappa shape index (κ1) is 49.3. The van der Waals surface area contributed by atoms with Gasteiger partial charge in [-0.1, -0.05) is 70.0 Å². The van der Waals surface area contributed by atoms with E-state index in [4.69, 9.17) is 25.8 Å². The van der Waals surface area contributed by atoms with E-state index in [-0.39, 0.29) is 47.5 Å². The molecule has 4 bridgehead atoms. The maximum atomic E-state index is 14.2. The minimum atomic E-state index is -1.88. The normalized spacial score (nSPS) is 29.2. The van der Waals surface area contributed by atoms with Crippen molar-refractivity contribution in [3.63, 3.8) is 0 Å². The smallest absolute Gasteiger partial charge is 0.409 e. The van der Waals surface area contributed by atoms with Crippen LogP contribution < -0.4 is 20.9 Å². The molecule has 6 N–H and O–H groups in total. The Hall–Kier alpha value is -3.32. The van der Waals surface area contributed by atoms with Crippen molar-refractivity contribution < 1.29 is 53.5 Å². The summed E-state index contributed by atoms with van der Waals surface area (Å²) in [5.41, 5.74) is -0.803. The summed E-state index contributed by atoms with van der Waals surface area (Å²) < 4.78 is 17.7. The molecule has 0 radical (unpaired) electrons. The summed E-state index contributed by atoms with van der Waals surface area (Å²) in [5.74, 6) is -2.35. The fourth-order valence-electron chi connectivity index (χ4n) is 7.38. The van der Waals surface area contributed by atoms with Gasteiger partial charge in [0, 0.05) is 55.7 Å². The van der Waals surface area contributed by atoms with Crippen LogP contribution in [0.4, 0.5) is 10.5 Å². The number of epoxide rings is 1. The summed E-state index contributed by atoms with van der Waals surface area (Å²) in [6, 6.07) is 2.40. The second-order valence-electron chi connectivity index (χ2n) is 16.7. The van der Waals surface area contributed by atoms with Gasteiger partial charge in [0.25, 0.3) is 0 Å². The van der Waals surface area contributed by atoms with Crippen molar-refractivity contribution in [1.82, 2.24) is 16.0 Å². The first-order valence-electron chi connectivity index (χ1n) is 20.2. The number of carbonyl (C=O) groups is 5. The highest BCUT2D eigenvalue weighted by molar-refractivity contribution is 8.77. The molecular formula is C42H61ClN4O11S2. The molecule has 3 aliphatic heterocycles. The average Bonchev–Trinajstić information content (AvgIpc) is 3.89. The Morgan fingerprint density at radius 3 is 2.57 bits per heavy atom. The van der Waals surface area contributed by atoms with Crippen molar-refractivity contribution in [3.05, 3.63) is 52.1 Å². The Bertz CT molecular complexity index is 1810. The van der Waals surface area contributed by atoms with Gasteiger partial charge in [0.15, 0.2) is 5.72 Å². The first-order valence-corrected chi connectivity index (χ1v) is 22.9. The summed E-state index contributed by atoms with van der Waals surface area (Å²) in [5, 5.41) is 40.2. The van der Waals surface area contributed by atoms with E-state index in [2.05, 4.69) is 16.0 Å². The number of aliphatic hydroxyl groups is 3. The monoisotopic (exact) mass is 896 g/mol. The van der Waals surface area contributed by atoms with Gasteiger partial charge in [-0.05, 0) is 71.1 Å². The number of ether oxygens (including phenoxy) is 3. The van der Waals surface area contributed by atoms with Crippen LogP contribution in [0.5, 0.6) is 0 Å². The molecule has 3 heterocycles. The Labute approximate surface area is 365 Å². The molecule has 0 saturated carbocycles. The molecule has 1 aromatic rings. The predicted molar refractivity (Wildman–Crippen MR) is 232 cm³/mol. The highest BCUT2D eigenvalue weighted by atomic mass is 35.5. The molecule has 4 amide bonds. The van der Waals surface area contributed by atoms with E-state index in [0.29, 0.717) is 30.5 Å². The zero-order chi connectivity index (χ0) is 44.6. The predicted octanol–water partition coefficient (Wildman–Crippen LogP) is 4.72. The summed E-state index contributed by atoms with van der Waals surface area (Å²) in [6.45, 7) is 9.99. The van der Waals surface area contributed by atoms with E-state index in [1.807, 2.05) is 20.8 Å². The van der Waals surface area contributed by atoms with Crippen LogP contribution in [0.15, 0.2) is 35.9 Å². The molecule has 8 atom stereocenters. The zero-order valence-electron chi connectivity index (χ0n) is 35.7. The lowest BCUT2D eigenvalue weighted by Gasteiger charge is -2.42. The molecule has 18 heteroatoms. The third kappa shape index (κ3) is 12.9. The number of carbonyl (C=O) groups excluding carboxylic acids is 5. The number of fused-ring (bicyclic) bond motifs is 5.